The van der Waals surface area contributed by atoms with Gasteiger partial charge in [0.1, 0.15) is 12.4 Å². The second-order valence-corrected chi connectivity index (χ2v) is 10.0. The number of nitrogens with zero attached hydrogens (tertiary/aromatic N) is 3. The van der Waals surface area contributed by atoms with Gasteiger partial charge >= 0.3 is 11.9 Å². The first kappa shape index (κ1) is 28.4. The van der Waals surface area contributed by atoms with Crippen molar-refractivity contribution in [2.45, 2.75) is 13.0 Å². The minimum atomic E-state index is -0.898. The Bertz CT molecular complexity index is 1850. The van der Waals surface area contributed by atoms with Gasteiger partial charge in [0.05, 0.1) is 39.6 Å². The van der Waals surface area contributed by atoms with Crippen LogP contribution in [0.2, 0.25) is 0 Å². The quantitative estimate of drug-likeness (QED) is 0.0942. The van der Waals surface area contributed by atoms with Gasteiger partial charge in [-0.15, -0.1) is 0 Å². The van der Waals surface area contributed by atoms with Crippen molar-refractivity contribution in [2.75, 3.05) is 20.3 Å². The van der Waals surface area contributed by atoms with Crippen LogP contribution >= 0.6 is 11.3 Å². The summed E-state index contributed by atoms with van der Waals surface area (Å²) < 4.78 is 22.6. The Morgan fingerprint density at radius 3 is 2.48 bits per heavy atom. The number of hydrogen-bond acceptors (Lipinski definition) is 11. The average molecular weight is 590 g/mol. The molecule has 0 saturated heterocycles. The van der Waals surface area contributed by atoms with E-state index in [0.29, 0.717) is 26.2 Å². The summed E-state index contributed by atoms with van der Waals surface area (Å²) in [5.41, 5.74) is 1.19. The molecule has 4 aromatic rings. The maximum absolute atomic E-state index is 13.8. The van der Waals surface area contributed by atoms with Crippen LogP contribution in [0.3, 0.4) is 0 Å². The predicted octanol–water partition coefficient (Wildman–Crippen LogP) is 3.15. The topological polar surface area (TPSA) is 152 Å². The fourth-order valence-electron chi connectivity index (χ4n) is 4.31. The lowest BCUT2D eigenvalue weighted by Crippen LogP contribution is -2.40. The first-order chi connectivity index (χ1) is 20.3. The molecule has 0 radical (unpaired) electrons. The third-order valence-electron chi connectivity index (χ3n) is 6.29. The SMILES string of the molecule is COCCOC(=O)C1=C(C)N=c2s/c(=C/c3ccc([N+](=O)[O-])cc3)c(=O)n2[C@H]1c1ccc(OC(=O)c2ccco2)cc1. The predicted molar refractivity (Wildman–Crippen MR) is 150 cm³/mol. The standard InChI is InChI=1S/C29H23N3O9S/c1-17-24(28(35)40-15-14-38-2)25(19-7-11-21(12-8-19)41-27(34)22-4-3-13-39-22)31-26(33)23(42-29(31)30-17)16-18-5-9-20(10-6-18)32(36)37/h3-13,16,25H,14-15H2,1-2H3/b23-16+/t25-/m0/s1. The number of esters is 2. The highest BCUT2D eigenvalue weighted by molar-refractivity contribution is 7.07. The van der Waals surface area contributed by atoms with Gasteiger partial charge in [-0.1, -0.05) is 23.5 Å². The molecule has 13 heteroatoms. The van der Waals surface area contributed by atoms with Crippen molar-refractivity contribution >= 4 is 35.0 Å². The first-order valence-electron chi connectivity index (χ1n) is 12.6. The summed E-state index contributed by atoms with van der Waals surface area (Å²) in [6.45, 7) is 1.85. The first-order valence-corrected chi connectivity index (χ1v) is 13.4. The van der Waals surface area contributed by atoms with Crippen molar-refractivity contribution in [1.82, 2.24) is 4.57 Å². The molecule has 0 aliphatic carbocycles. The summed E-state index contributed by atoms with van der Waals surface area (Å²) in [6, 6.07) is 14.3. The molecule has 214 valence electrons. The Kier molecular flexibility index (Phi) is 8.22. The molecule has 1 aliphatic rings. The number of aromatic nitrogens is 1. The lowest BCUT2D eigenvalue weighted by Gasteiger charge is -2.25. The minimum absolute atomic E-state index is 0.00503. The Balaban J connectivity index is 1.56. The van der Waals surface area contributed by atoms with Crippen LogP contribution in [0.15, 0.2) is 92.4 Å². The van der Waals surface area contributed by atoms with Crippen LogP contribution < -0.4 is 19.6 Å². The van der Waals surface area contributed by atoms with Gasteiger partial charge in [0, 0.05) is 19.2 Å². The number of non-ortho nitro benzene ring substituents is 1. The Labute approximate surface area is 241 Å². The Hall–Kier alpha value is -5.14. The van der Waals surface area contributed by atoms with E-state index in [2.05, 4.69) is 4.99 Å². The number of methoxy groups -OCH3 is 1. The summed E-state index contributed by atoms with van der Waals surface area (Å²) in [6.07, 6.45) is 2.97. The maximum Gasteiger partial charge on any atom is 0.379 e. The van der Waals surface area contributed by atoms with E-state index >= 15 is 0 Å². The number of benzene rings is 2. The highest BCUT2D eigenvalue weighted by atomic mass is 32.1. The normalized spacial score (nSPS) is 14.7. The minimum Gasteiger partial charge on any atom is -0.460 e. The molecule has 3 heterocycles. The van der Waals surface area contributed by atoms with E-state index < -0.39 is 28.5 Å². The van der Waals surface area contributed by atoms with E-state index in [1.807, 2.05) is 0 Å². The zero-order valence-corrected chi connectivity index (χ0v) is 23.2. The number of nitro benzene ring substituents is 1. The molecule has 0 fully saturated rings. The van der Waals surface area contributed by atoms with E-state index in [1.54, 1.807) is 55.5 Å². The molecule has 5 rings (SSSR count). The van der Waals surface area contributed by atoms with Gasteiger partial charge in [-0.25, -0.2) is 14.6 Å². The van der Waals surface area contributed by atoms with Crippen LogP contribution in [0.4, 0.5) is 5.69 Å². The fraction of sp³-hybridized carbons (Fsp3) is 0.172. The maximum atomic E-state index is 13.8. The van der Waals surface area contributed by atoms with Crippen molar-refractivity contribution in [1.29, 1.82) is 0 Å². The number of allylic oxidation sites excluding steroid dienone is 1. The number of thiazole rings is 1. The molecular weight excluding hydrogens is 566 g/mol. The van der Waals surface area contributed by atoms with Gasteiger partial charge in [-0.3, -0.25) is 19.5 Å². The largest absolute Gasteiger partial charge is 0.460 e. The number of rotatable bonds is 9. The van der Waals surface area contributed by atoms with Crippen LogP contribution in [0.5, 0.6) is 5.75 Å². The summed E-state index contributed by atoms with van der Waals surface area (Å²) in [4.78, 5) is 54.7. The number of furan rings is 1. The zero-order chi connectivity index (χ0) is 29.8. The van der Waals surface area contributed by atoms with Gasteiger partial charge < -0.3 is 18.6 Å². The molecule has 0 saturated carbocycles. The van der Waals surface area contributed by atoms with Crippen LogP contribution in [0.1, 0.15) is 34.6 Å². The molecule has 0 unspecified atom stereocenters. The number of fused-ring (bicyclic) bond motifs is 1. The van der Waals surface area contributed by atoms with Crippen LogP contribution in [-0.4, -0.2) is 41.8 Å². The molecule has 0 N–H and O–H groups in total. The van der Waals surface area contributed by atoms with Crippen molar-refractivity contribution in [3.63, 3.8) is 0 Å². The second-order valence-electron chi connectivity index (χ2n) is 9.00. The number of carbonyl (C=O) groups is 2. The van der Waals surface area contributed by atoms with Gasteiger partial charge in [0.25, 0.3) is 11.2 Å². The molecule has 0 spiro atoms. The highest BCUT2D eigenvalue weighted by Gasteiger charge is 2.33. The van der Waals surface area contributed by atoms with Crippen LogP contribution in [0, 0.1) is 10.1 Å². The van der Waals surface area contributed by atoms with Gasteiger partial charge in [-0.05, 0) is 60.5 Å². The van der Waals surface area contributed by atoms with E-state index in [9.17, 15) is 24.5 Å². The molecule has 1 atom stereocenters. The van der Waals surface area contributed by atoms with Gasteiger partial charge in [0.2, 0.25) is 5.76 Å². The van der Waals surface area contributed by atoms with E-state index in [-0.39, 0.29) is 36.0 Å². The zero-order valence-electron chi connectivity index (χ0n) is 22.3. The fourth-order valence-corrected chi connectivity index (χ4v) is 5.35. The molecule has 1 aliphatic heterocycles. The van der Waals surface area contributed by atoms with Crippen molar-refractivity contribution < 1.29 is 33.1 Å². The summed E-state index contributed by atoms with van der Waals surface area (Å²) in [5.74, 6) is -1.06. The number of carbonyl (C=O) groups excluding carboxylic acids is 2. The van der Waals surface area contributed by atoms with Crippen LogP contribution in [0.25, 0.3) is 6.08 Å². The average Bonchev–Trinajstić information content (AvgIpc) is 3.62. The molecule has 12 nitrogen and oxygen atoms in total. The molecule has 0 amide bonds. The summed E-state index contributed by atoms with van der Waals surface area (Å²) in [7, 11) is 1.48. The monoisotopic (exact) mass is 589 g/mol. The Morgan fingerprint density at radius 2 is 1.83 bits per heavy atom. The van der Waals surface area contributed by atoms with E-state index in [0.717, 1.165) is 11.3 Å². The van der Waals surface area contributed by atoms with Gasteiger partial charge in [-0.2, -0.15) is 0 Å². The molecule has 2 aromatic carbocycles. The van der Waals surface area contributed by atoms with Crippen molar-refractivity contribution in [2.24, 2.45) is 4.99 Å². The third kappa shape index (κ3) is 5.82. The number of nitro groups is 1. The summed E-state index contributed by atoms with van der Waals surface area (Å²) >= 11 is 1.12. The van der Waals surface area contributed by atoms with Crippen molar-refractivity contribution in [3.05, 3.63) is 125 Å². The molecular formula is C29H23N3O9S. The molecule has 42 heavy (non-hydrogen) atoms. The van der Waals surface area contributed by atoms with Gasteiger partial charge in [0.15, 0.2) is 4.80 Å². The molecule has 0 bridgehead atoms. The Morgan fingerprint density at radius 1 is 1.10 bits per heavy atom. The lowest BCUT2D eigenvalue weighted by atomic mass is 9.96. The van der Waals surface area contributed by atoms with Crippen LogP contribution in [-0.2, 0) is 14.3 Å². The molecule has 2 aromatic heterocycles. The smallest absolute Gasteiger partial charge is 0.379 e. The van der Waals surface area contributed by atoms with Crippen molar-refractivity contribution in [3.8, 4) is 5.75 Å². The van der Waals surface area contributed by atoms with E-state index in [4.69, 9.17) is 18.6 Å². The second kappa shape index (κ2) is 12.2. The van der Waals surface area contributed by atoms with E-state index in [1.165, 1.54) is 36.1 Å². The third-order valence-corrected chi connectivity index (χ3v) is 7.28. The highest BCUT2D eigenvalue weighted by Crippen LogP contribution is 2.32. The number of hydrogen-bond donors (Lipinski definition) is 0. The number of ether oxygens (including phenoxy) is 3. The summed E-state index contributed by atoms with van der Waals surface area (Å²) in [5, 5.41) is 11.0. The lowest BCUT2D eigenvalue weighted by molar-refractivity contribution is -0.384.